The summed E-state index contributed by atoms with van der Waals surface area (Å²) in [6.07, 6.45) is 0. The predicted octanol–water partition coefficient (Wildman–Crippen LogP) is 3.26. The second-order valence-corrected chi connectivity index (χ2v) is 5.32. The molecule has 0 aliphatic rings. The van der Waals surface area contributed by atoms with E-state index < -0.39 is 11.8 Å². The monoisotopic (exact) mass is 335 g/mol. The molecule has 0 bridgehead atoms. The molecule has 2 aromatic rings. The van der Waals surface area contributed by atoms with Gasteiger partial charge < -0.3 is 10.1 Å². The van der Waals surface area contributed by atoms with Gasteiger partial charge in [-0.15, -0.1) is 0 Å². The topological polar surface area (TPSA) is 55.4 Å². The number of halogens is 2. The van der Waals surface area contributed by atoms with E-state index in [1.807, 2.05) is 13.0 Å². The minimum absolute atomic E-state index is 0.104. The van der Waals surface area contributed by atoms with Crippen LogP contribution in [-0.2, 0) is 16.1 Å². The molecule has 0 heterocycles. The highest BCUT2D eigenvalue weighted by molar-refractivity contribution is 6.31. The first-order valence-corrected chi connectivity index (χ1v) is 7.28. The zero-order valence-electron chi connectivity index (χ0n) is 12.4. The van der Waals surface area contributed by atoms with Gasteiger partial charge in [-0.3, -0.25) is 9.59 Å². The van der Waals surface area contributed by atoms with E-state index in [0.717, 1.165) is 5.56 Å². The highest BCUT2D eigenvalue weighted by atomic mass is 35.5. The lowest BCUT2D eigenvalue weighted by Gasteiger charge is -2.09. The van der Waals surface area contributed by atoms with Crippen LogP contribution >= 0.6 is 11.6 Å². The molecule has 4 nitrogen and oxygen atoms in total. The van der Waals surface area contributed by atoms with Crippen molar-refractivity contribution in [2.45, 2.75) is 13.5 Å². The Morgan fingerprint density at radius 3 is 2.65 bits per heavy atom. The fraction of sp³-hybridized carbons (Fsp3) is 0.176. The molecule has 0 fully saturated rings. The number of benzene rings is 2. The molecule has 2 rings (SSSR count). The van der Waals surface area contributed by atoms with Gasteiger partial charge in [-0.2, -0.15) is 0 Å². The summed E-state index contributed by atoms with van der Waals surface area (Å²) >= 11 is 5.83. The average Bonchev–Trinajstić information content (AvgIpc) is 2.52. The molecule has 1 N–H and O–H groups in total. The molecule has 0 saturated heterocycles. The van der Waals surface area contributed by atoms with E-state index in [-0.39, 0.29) is 29.6 Å². The zero-order chi connectivity index (χ0) is 16.8. The molecule has 6 heteroatoms. The molecule has 0 atom stereocenters. The van der Waals surface area contributed by atoms with Crippen molar-refractivity contribution in [2.24, 2.45) is 0 Å². The lowest BCUT2D eigenvalue weighted by Crippen LogP contribution is -2.30. The highest BCUT2D eigenvalue weighted by Crippen LogP contribution is 2.19. The van der Waals surface area contributed by atoms with Crippen LogP contribution in [0.5, 0.6) is 0 Å². The van der Waals surface area contributed by atoms with Crippen molar-refractivity contribution >= 4 is 23.5 Å². The van der Waals surface area contributed by atoms with Gasteiger partial charge in [0, 0.05) is 11.1 Å². The molecule has 0 radical (unpaired) electrons. The number of esters is 1. The van der Waals surface area contributed by atoms with Gasteiger partial charge in [-0.05, 0) is 31.2 Å². The summed E-state index contributed by atoms with van der Waals surface area (Å²) in [5.74, 6) is -1.60. The van der Waals surface area contributed by atoms with E-state index in [4.69, 9.17) is 16.3 Å². The fourth-order valence-electron chi connectivity index (χ4n) is 1.91. The first-order valence-electron chi connectivity index (χ1n) is 6.91. The van der Waals surface area contributed by atoms with Crippen molar-refractivity contribution < 1.29 is 18.7 Å². The molecule has 2 aromatic carbocycles. The third-order valence-corrected chi connectivity index (χ3v) is 3.47. The van der Waals surface area contributed by atoms with Crippen LogP contribution < -0.4 is 5.32 Å². The van der Waals surface area contributed by atoms with E-state index in [0.29, 0.717) is 5.56 Å². The quantitative estimate of drug-likeness (QED) is 0.853. The highest BCUT2D eigenvalue weighted by Gasteiger charge is 2.12. The maximum atomic E-state index is 13.5. The van der Waals surface area contributed by atoms with Gasteiger partial charge in [0.1, 0.15) is 19.0 Å². The minimum Gasteiger partial charge on any atom is -0.459 e. The first-order chi connectivity index (χ1) is 11.0. The lowest BCUT2D eigenvalue weighted by atomic mass is 10.1. The third-order valence-electron chi connectivity index (χ3n) is 3.11. The Morgan fingerprint density at radius 2 is 1.96 bits per heavy atom. The Morgan fingerprint density at radius 1 is 1.22 bits per heavy atom. The molecule has 1 amide bonds. The van der Waals surface area contributed by atoms with Crippen LogP contribution in [0, 0.1) is 12.7 Å². The van der Waals surface area contributed by atoms with Crippen molar-refractivity contribution in [3.63, 3.8) is 0 Å². The van der Waals surface area contributed by atoms with E-state index in [1.165, 1.54) is 18.2 Å². The smallest absolute Gasteiger partial charge is 0.325 e. The maximum absolute atomic E-state index is 13.5. The van der Waals surface area contributed by atoms with Gasteiger partial charge in [0.25, 0.3) is 5.91 Å². The van der Waals surface area contributed by atoms with Crippen LogP contribution in [0.4, 0.5) is 4.39 Å². The van der Waals surface area contributed by atoms with Crippen LogP contribution in [0.1, 0.15) is 21.5 Å². The van der Waals surface area contributed by atoms with E-state index in [9.17, 15) is 14.0 Å². The Hall–Kier alpha value is -2.40. The Balaban J connectivity index is 1.85. The van der Waals surface area contributed by atoms with Gasteiger partial charge in [0.15, 0.2) is 0 Å². The van der Waals surface area contributed by atoms with Gasteiger partial charge in [-0.25, -0.2) is 4.39 Å². The van der Waals surface area contributed by atoms with E-state index >= 15 is 0 Å². The van der Waals surface area contributed by atoms with Crippen molar-refractivity contribution in [3.8, 4) is 0 Å². The largest absolute Gasteiger partial charge is 0.459 e. The Bertz CT molecular complexity index is 713. The average molecular weight is 336 g/mol. The molecule has 0 unspecified atom stereocenters. The molecular weight excluding hydrogens is 321 g/mol. The minimum atomic E-state index is -0.676. The lowest BCUT2D eigenvalue weighted by molar-refractivity contribution is -0.143. The zero-order valence-corrected chi connectivity index (χ0v) is 13.2. The van der Waals surface area contributed by atoms with Crippen LogP contribution in [0.2, 0.25) is 5.02 Å². The summed E-state index contributed by atoms with van der Waals surface area (Å²) in [6.45, 7) is 1.27. The van der Waals surface area contributed by atoms with Crippen molar-refractivity contribution in [1.82, 2.24) is 5.32 Å². The second kappa shape index (κ2) is 7.74. The number of carbonyl (C=O) groups is 2. The number of hydrogen-bond donors (Lipinski definition) is 1. The van der Waals surface area contributed by atoms with Crippen molar-refractivity contribution in [3.05, 3.63) is 70.0 Å². The van der Waals surface area contributed by atoms with Crippen LogP contribution in [-0.4, -0.2) is 18.4 Å². The summed E-state index contributed by atoms with van der Waals surface area (Å²) in [5.41, 5.74) is 1.50. The molecule has 120 valence electrons. The number of ether oxygens (including phenoxy) is 1. The SMILES string of the molecule is Cc1cccc(C(=O)NCC(=O)OCc2c(F)cccc2Cl)c1. The standard InChI is InChI=1S/C17H15ClFNO3/c1-11-4-2-5-12(8-11)17(22)20-9-16(21)23-10-13-14(18)6-3-7-15(13)19/h2-8H,9-10H2,1H3,(H,20,22). The summed E-state index contributed by atoms with van der Waals surface area (Å²) in [4.78, 5) is 23.5. The van der Waals surface area contributed by atoms with Crippen LogP contribution in [0.15, 0.2) is 42.5 Å². The molecule has 0 spiro atoms. The molecule has 0 aliphatic heterocycles. The summed E-state index contributed by atoms with van der Waals surface area (Å²) < 4.78 is 18.5. The number of rotatable bonds is 5. The van der Waals surface area contributed by atoms with Gasteiger partial charge in [0.2, 0.25) is 0 Å². The molecule has 0 aromatic heterocycles. The summed E-state index contributed by atoms with van der Waals surface area (Å²) in [6, 6.07) is 11.2. The number of aryl methyl sites for hydroxylation is 1. The van der Waals surface area contributed by atoms with Crippen LogP contribution in [0.25, 0.3) is 0 Å². The second-order valence-electron chi connectivity index (χ2n) is 4.91. The molecule has 0 saturated carbocycles. The normalized spacial score (nSPS) is 10.2. The maximum Gasteiger partial charge on any atom is 0.325 e. The van der Waals surface area contributed by atoms with Gasteiger partial charge in [-0.1, -0.05) is 35.4 Å². The summed E-state index contributed by atoms with van der Waals surface area (Å²) in [5, 5.41) is 2.63. The fourth-order valence-corrected chi connectivity index (χ4v) is 2.13. The van der Waals surface area contributed by atoms with Crippen molar-refractivity contribution in [1.29, 1.82) is 0 Å². The number of carbonyl (C=O) groups excluding carboxylic acids is 2. The number of amides is 1. The molecule has 23 heavy (non-hydrogen) atoms. The van der Waals surface area contributed by atoms with E-state index in [2.05, 4.69) is 5.32 Å². The number of hydrogen-bond acceptors (Lipinski definition) is 3. The van der Waals surface area contributed by atoms with Crippen LogP contribution in [0.3, 0.4) is 0 Å². The van der Waals surface area contributed by atoms with Gasteiger partial charge in [0.05, 0.1) is 5.02 Å². The third kappa shape index (κ3) is 4.79. The first kappa shape index (κ1) is 17.0. The van der Waals surface area contributed by atoms with Crippen molar-refractivity contribution in [2.75, 3.05) is 6.54 Å². The Kier molecular flexibility index (Phi) is 5.71. The Labute approximate surface area is 138 Å². The van der Waals surface area contributed by atoms with Gasteiger partial charge >= 0.3 is 5.97 Å². The summed E-state index contributed by atoms with van der Waals surface area (Å²) in [7, 11) is 0. The molecule has 0 aliphatic carbocycles. The molecular formula is C17H15ClFNO3. The predicted molar refractivity (Wildman–Crippen MR) is 84.7 cm³/mol. The van der Waals surface area contributed by atoms with E-state index in [1.54, 1.807) is 18.2 Å². The number of nitrogens with one attached hydrogen (secondary N) is 1.